The molecular weight excluding hydrogens is 304 g/mol. The van der Waals surface area contributed by atoms with Gasteiger partial charge in [0.1, 0.15) is 5.69 Å². The topological polar surface area (TPSA) is 71.1 Å². The Balaban J connectivity index is 1.96. The first-order chi connectivity index (χ1) is 10.7. The van der Waals surface area contributed by atoms with E-state index in [0.717, 1.165) is 13.1 Å². The number of aromatic nitrogens is 3. The summed E-state index contributed by atoms with van der Waals surface area (Å²) in [5.41, 5.74) is 0.887. The van der Waals surface area contributed by atoms with Crippen LogP contribution in [0.25, 0.3) is 11.4 Å². The van der Waals surface area contributed by atoms with Gasteiger partial charge in [-0.3, -0.25) is 9.69 Å². The molecule has 1 unspecified atom stereocenters. The molecule has 1 saturated heterocycles. The van der Waals surface area contributed by atoms with E-state index in [4.69, 9.17) is 16.3 Å². The lowest BCUT2D eigenvalue weighted by atomic mass is 10.1. The van der Waals surface area contributed by atoms with Crippen molar-refractivity contribution >= 4 is 11.6 Å². The highest BCUT2D eigenvalue weighted by atomic mass is 35.5. The second-order valence-corrected chi connectivity index (χ2v) is 5.58. The van der Waals surface area contributed by atoms with Crippen LogP contribution in [0.1, 0.15) is 18.7 Å². The Bertz CT molecular complexity index is 713. The maximum Gasteiger partial charge on any atom is 0.287 e. The summed E-state index contributed by atoms with van der Waals surface area (Å²) in [7, 11) is 0. The minimum Gasteiger partial charge on any atom is -0.379 e. The third kappa shape index (κ3) is 3.04. The summed E-state index contributed by atoms with van der Waals surface area (Å²) in [4.78, 5) is 18.7. The number of H-pyrrole nitrogens is 1. The van der Waals surface area contributed by atoms with Crippen molar-refractivity contribution in [1.82, 2.24) is 20.1 Å². The number of hydrogen-bond acceptors (Lipinski definition) is 5. The second kappa shape index (κ2) is 6.56. The van der Waals surface area contributed by atoms with Crippen molar-refractivity contribution in [2.24, 2.45) is 0 Å². The van der Waals surface area contributed by atoms with Crippen LogP contribution in [-0.4, -0.2) is 46.4 Å². The van der Waals surface area contributed by atoms with Crippen LogP contribution in [0.4, 0.5) is 0 Å². The molecule has 2 heterocycles. The predicted octanol–water partition coefficient (Wildman–Crippen LogP) is 1.88. The van der Waals surface area contributed by atoms with Gasteiger partial charge in [-0.05, 0) is 19.1 Å². The van der Waals surface area contributed by atoms with Crippen LogP contribution < -0.4 is 5.56 Å². The average Bonchev–Trinajstić information content (AvgIpc) is 2.56. The molecular formula is C15H17ClN4O2. The van der Waals surface area contributed by atoms with Crippen molar-refractivity contribution in [3.05, 3.63) is 45.3 Å². The van der Waals surface area contributed by atoms with Gasteiger partial charge in [0.25, 0.3) is 5.56 Å². The van der Waals surface area contributed by atoms with Crippen LogP contribution >= 0.6 is 11.6 Å². The van der Waals surface area contributed by atoms with Crippen LogP contribution in [-0.2, 0) is 4.74 Å². The van der Waals surface area contributed by atoms with Gasteiger partial charge in [-0.25, -0.2) is 10.1 Å². The largest absolute Gasteiger partial charge is 0.379 e. The average molecular weight is 321 g/mol. The molecule has 22 heavy (non-hydrogen) atoms. The van der Waals surface area contributed by atoms with Gasteiger partial charge in [0.15, 0.2) is 5.82 Å². The number of ether oxygens (including phenoxy) is 1. The normalized spacial score (nSPS) is 17.4. The zero-order valence-corrected chi connectivity index (χ0v) is 13.0. The summed E-state index contributed by atoms with van der Waals surface area (Å²) >= 11 is 6.18. The molecule has 1 aliphatic rings. The van der Waals surface area contributed by atoms with Gasteiger partial charge >= 0.3 is 0 Å². The lowest BCUT2D eigenvalue weighted by molar-refractivity contribution is 0.0187. The van der Waals surface area contributed by atoms with Crippen molar-refractivity contribution in [3.63, 3.8) is 0 Å². The lowest BCUT2D eigenvalue weighted by Crippen LogP contribution is -2.40. The van der Waals surface area contributed by atoms with E-state index in [2.05, 4.69) is 20.1 Å². The van der Waals surface area contributed by atoms with Crippen molar-refractivity contribution in [2.45, 2.75) is 13.0 Å². The Morgan fingerprint density at radius 1 is 1.32 bits per heavy atom. The highest BCUT2D eigenvalue weighted by molar-refractivity contribution is 6.33. The highest BCUT2D eigenvalue weighted by Crippen LogP contribution is 2.25. The zero-order valence-electron chi connectivity index (χ0n) is 12.3. The van der Waals surface area contributed by atoms with E-state index >= 15 is 0 Å². The monoisotopic (exact) mass is 320 g/mol. The summed E-state index contributed by atoms with van der Waals surface area (Å²) in [6, 6.07) is 7.21. The molecule has 2 aromatic rings. The SMILES string of the molecule is CC(c1nc(-c2ccccc2Cl)n[nH]c1=O)N1CCOCC1. The molecule has 116 valence electrons. The number of benzene rings is 1. The van der Waals surface area contributed by atoms with Crippen LogP contribution in [0.2, 0.25) is 5.02 Å². The number of aromatic amines is 1. The molecule has 1 aromatic heterocycles. The molecule has 1 N–H and O–H groups in total. The minimum absolute atomic E-state index is 0.100. The van der Waals surface area contributed by atoms with Crippen LogP contribution in [0.5, 0.6) is 0 Å². The molecule has 3 rings (SSSR count). The number of nitrogens with zero attached hydrogens (tertiary/aromatic N) is 3. The predicted molar refractivity (Wildman–Crippen MR) is 83.9 cm³/mol. The Labute approximate surface area is 133 Å². The number of morpholine rings is 1. The Hall–Kier alpha value is -1.76. The first kappa shape index (κ1) is 15.1. The Morgan fingerprint density at radius 3 is 2.77 bits per heavy atom. The fourth-order valence-corrected chi connectivity index (χ4v) is 2.75. The maximum absolute atomic E-state index is 12.1. The third-order valence-corrected chi connectivity index (χ3v) is 4.16. The van der Waals surface area contributed by atoms with Crippen molar-refractivity contribution in [1.29, 1.82) is 0 Å². The van der Waals surface area contributed by atoms with Crippen molar-refractivity contribution in [3.8, 4) is 11.4 Å². The molecule has 7 heteroatoms. The third-order valence-electron chi connectivity index (χ3n) is 3.83. The molecule has 0 bridgehead atoms. The molecule has 0 aliphatic carbocycles. The Kier molecular flexibility index (Phi) is 4.52. The van der Waals surface area contributed by atoms with Gasteiger partial charge in [0.05, 0.1) is 24.3 Å². The standard InChI is InChI=1S/C15H17ClN4O2/c1-10(20-6-8-22-9-7-20)13-15(21)19-18-14(17-13)11-4-2-3-5-12(11)16/h2-5,10H,6-9H2,1H3,(H,19,21). The zero-order chi connectivity index (χ0) is 15.5. The van der Waals surface area contributed by atoms with E-state index in [1.165, 1.54) is 0 Å². The molecule has 1 aromatic carbocycles. The van der Waals surface area contributed by atoms with Crippen molar-refractivity contribution in [2.75, 3.05) is 26.3 Å². The molecule has 0 spiro atoms. The molecule has 0 saturated carbocycles. The van der Waals surface area contributed by atoms with E-state index in [-0.39, 0.29) is 11.6 Å². The second-order valence-electron chi connectivity index (χ2n) is 5.18. The summed E-state index contributed by atoms with van der Waals surface area (Å²) in [6.45, 7) is 4.88. The Morgan fingerprint density at radius 2 is 2.05 bits per heavy atom. The first-order valence-corrected chi connectivity index (χ1v) is 7.58. The van der Waals surface area contributed by atoms with Gasteiger partial charge in [0, 0.05) is 18.7 Å². The summed E-state index contributed by atoms with van der Waals surface area (Å²) in [5, 5.41) is 7.11. The molecule has 6 nitrogen and oxygen atoms in total. The number of hydrogen-bond donors (Lipinski definition) is 1. The van der Waals surface area contributed by atoms with E-state index in [9.17, 15) is 4.79 Å². The fraction of sp³-hybridized carbons (Fsp3) is 0.400. The van der Waals surface area contributed by atoms with Gasteiger partial charge in [0.2, 0.25) is 0 Å². The number of rotatable bonds is 3. The van der Waals surface area contributed by atoms with E-state index in [1.807, 2.05) is 25.1 Å². The van der Waals surface area contributed by atoms with Gasteiger partial charge in [-0.1, -0.05) is 23.7 Å². The summed E-state index contributed by atoms with van der Waals surface area (Å²) in [6.07, 6.45) is 0. The van der Waals surface area contributed by atoms with Crippen molar-refractivity contribution < 1.29 is 4.74 Å². The van der Waals surface area contributed by atoms with Crippen LogP contribution in [0.3, 0.4) is 0 Å². The van der Waals surface area contributed by atoms with E-state index < -0.39 is 0 Å². The number of nitrogens with one attached hydrogen (secondary N) is 1. The van der Waals surface area contributed by atoms with Crippen LogP contribution in [0, 0.1) is 0 Å². The first-order valence-electron chi connectivity index (χ1n) is 7.20. The van der Waals surface area contributed by atoms with E-state index in [1.54, 1.807) is 6.07 Å². The maximum atomic E-state index is 12.1. The quantitative estimate of drug-likeness (QED) is 0.935. The molecule has 1 atom stereocenters. The summed E-state index contributed by atoms with van der Waals surface area (Å²) in [5.74, 6) is 0.431. The molecule has 1 fully saturated rings. The minimum atomic E-state index is -0.269. The smallest absolute Gasteiger partial charge is 0.287 e. The molecule has 0 amide bonds. The molecule has 0 radical (unpaired) electrons. The van der Waals surface area contributed by atoms with Crippen LogP contribution in [0.15, 0.2) is 29.1 Å². The van der Waals surface area contributed by atoms with Gasteiger partial charge in [-0.2, -0.15) is 5.10 Å². The van der Waals surface area contributed by atoms with E-state index in [0.29, 0.717) is 35.3 Å². The number of halogens is 1. The lowest BCUT2D eigenvalue weighted by Gasteiger charge is -2.31. The summed E-state index contributed by atoms with van der Waals surface area (Å²) < 4.78 is 5.35. The van der Waals surface area contributed by atoms with Gasteiger partial charge < -0.3 is 4.74 Å². The fourth-order valence-electron chi connectivity index (χ4n) is 2.53. The highest BCUT2D eigenvalue weighted by Gasteiger charge is 2.23. The molecule has 1 aliphatic heterocycles. The van der Waals surface area contributed by atoms with Gasteiger partial charge in [-0.15, -0.1) is 0 Å².